The predicted molar refractivity (Wildman–Crippen MR) is 104 cm³/mol. The Morgan fingerprint density at radius 1 is 1.18 bits per heavy atom. The van der Waals surface area contributed by atoms with Gasteiger partial charge < -0.3 is 20.1 Å². The molecule has 1 amide bonds. The lowest BCUT2D eigenvalue weighted by Crippen LogP contribution is -2.48. The van der Waals surface area contributed by atoms with Crippen molar-refractivity contribution in [3.05, 3.63) is 35.7 Å². The standard InChI is InChI=1S/C20H27N5O3/c1-13-19(20(26)22-16-11-14-3-4-15(12-16)21-14)24-25(23-13)17-5-7-18(8-6-17)28-10-9-27-2/h5-8,14-16,21H,3-4,9-12H2,1-2H3,(H,22,26). The topological polar surface area (TPSA) is 90.3 Å². The number of piperidine rings is 1. The number of aromatic nitrogens is 3. The summed E-state index contributed by atoms with van der Waals surface area (Å²) in [6, 6.07) is 8.72. The fraction of sp³-hybridized carbons (Fsp3) is 0.550. The number of carbonyl (C=O) groups is 1. The third kappa shape index (κ3) is 4.18. The second-order valence-electron chi connectivity index (χ2n) is 7.54. The molecule has 0 saturated carbocycles. The third-order valence-electron chi connectivity index (χ3n) is 5.43. The first-order valence-electron chi connectivity index (χ1n) is 9.85. The number of ether oxygens (including phenoxy) is 2. The van der Waals surface area contributed by atoms with Gasteiger partial charge in [-0.15, -0.1) is 5.10 Å². The quantitative estimate of drug-likeness (QED) is 0.704. The van der Waals surface area contributed by atoms with E-state index in [-0.39, 0.29) is 11.9 Å². The van der Waals surface area contributed by atoms with Crippen LogP contribution in [0.15, 0.2) is 24.3 Å². The molecule has 0 aliphatic carbocycles. The van der Waals surface area contributed by atoms with Crippen LogP contribution in [0.4, 0.5) is 0 Å². The maximum atomic E-state index is 12.7. The van der Waals surface area contributed by atoms with Gasteiger partial charge in [-0.25, -0.2) is 0 Å². The lowest BCUT2D eigenvalue weighted by Gasteiger charge is -2.29. The van der Waals surface area contributed by atoms with Crippen molar-refractivity contribution in [2.24, 2.45) is 0 Å². The summed E-state index contributed by atoms with van der Waals surface area (Å²) < 4.78 is 10.5. The van der Waals surface area contributed by atoms with Gasteiger partial charge in [-0.3, -0.25) is 4.79 Å². The van der Waals surface area contributed by atoms with Crippen molar-refractivity contribution in [1.82, 2.24) is 25.6 Å². The SMILES string of the molecule is COCCOc1ccc(-n2nc(C)c(C(=O)NC3CC4CCC(C3)N4)n2)cc1. The van der Waals surface area contributed by atoms with E-state index in [0.29, 0.717) is 36.7 Å². The van der Waals surface area contributed by atoms with Crippen LogP contribution < -0.4 is 15.4 Å². The van der Waals surface area contributed by atoms with Crippen LogP contribution in [0.2, 0.25) is 0 Å². The highest BCUT2D eigenvalue weighted by Crippen LogP contribution is 2.27. The number of methoxy groups -OCH3 is 1. The molecule has 2 atom stereocenters. The molecule has 8 heteroatoms. The molecule has 2 N–H and O–H groups in total. The average Bonchev–Trinajstić information content (AvgIpc) is 3.24. The minimum absolute atomic E-state index is 0.144. The van der Waals surface area contributed by atoms with E-state index in [4.69, 9.17) is 9.47 Å². The summed E-state index contributed by atoms with van der Waals surface area (Å²) in [7, 11) is 1.64. The molecule has 3 heterocycles. The van der Waals surface area contributed by atoms with Crippen LogP contribution in [0, 0.1) is 6.92 Å². The minimum atomic E-state index is -0.144. The highest BCUT2D eigenvalue weighted by Gasteiger charge is 2.34. The Labute approximate surface area is 164 Å². The smallest absolute Gasteiger partial charge is 0.273 e. The Kier molecular flexibility index (Phi) is 5.59. The average molecular weight is 385 g/mol. The van der Waals surface area contributed by atoms with Gasteiger partial charge in [-0.05, 0) is 56.9 Å². The largest absolute Gasteiger partial charge is 0.491 e. The highest BCUT2D eigenvalue weighted by atomic mass is 16.5. The van der Waals surface area contributed by atoms with E-state index in [0.717, 1.165) is 24.3 Å². The summed E-state index contributed by atoms with van der Waals surface area (Å²) in [6.45, 7) is 2.85. The molecule has 2 unspecified atom stereocenters. The first-order chi connectivity index (χ1) is 13.6. The molecular weight excluding hydrogens is 358 g/mol. The van der Waals surface area contributed by atoms with Crippen LogP contribution in [0.1, 0.15) is 41.9 Å². The molecule has 2 aromatic rings. The molecule has 1 aromatic carbocycles. The Balaban J connectivity index is 1.40. The first kappa shape index (κ1) is 18.9. The van der Waals surface area contributed by atoms with Crippen LogP contribution >= 0.6 is 0 Å². The Bertz CT molecular complexity index is 808. The lowest BCUT2D eigenvalue weighted by molar-refractivity contribution is 0.0918. The Morgan fingerprint density at radius 3 is 2.57 bits per heavy atom. The number of carbonyl (C=O) groups excluding carboxylic acids is 1. The molecule has 0 radical (unpaired) electrons. The number of benzene rings is 1. The maximum Gasteiger partial charge on any atom is 0.273 e. The molecule has 2 fully saturated rings. The van der Waals surface area contributed by atoms with Crippen molar-refractivity contribution in [3.63, 3.8) is 0 Å². The number of hydrogen-bond donors (Lipinski definition) is 2. The molecule has 0 spiro atoms. The fourth-order valence-electron chi connectivity index (χ4n) is 4.05. The minimum Gasteiger partial charge on any atom is -0.491 e. The molecule has 2 aliphatic rings. The highest BCUT2D eigenvalue weighted by molar-refractivity contribution is 5.93. The van der Waals surface area contributed by atoms with E-state index < -0.39 is 0 Å². The van der Waals surface area contributed by atoms with Gasteiger partial charge in [0.2, 0.25) is 0 Å². The summed E-state index contributed by atoms with van der Waals surface area (Å²) in [5.74, 6) is 0.609. The number of aryl methyl sites for hydroxylation is 1. The first-order valence-corrected chi connectivity index (χ1v) is 9.85. The van der Waals surface area contributed by atoms with E-state index in [1.165, 1.54) is 17.6 Å². The van der Waals surface area contributed by atoms with Crippen LogP contribution in [0.5, 0.6) is 5.75 Å². The van der Waals surface area contributed by atoms with Gasteiger partial charge in [0.1, 0.15) is 12.4 Å². The maximum absolute atomic E-state index is 12.7. The molecule has 8 nitrogen and oxygen atoms in total. The molecule has 2 bridgehead atoms. The zero-order valence-electron chi connectivity index (χ0n) is 16.4. The van der Waals surface area contributed by atoms with Gasteiger partial charge in [-0.2, -0.15) is 9.90 Å². The molecule has 150 valence electrons. The zero-order chi connectivity index (χ0) is 19.5. The van der Waals surface area contributed by atoms with Gasteiger partial charge in [0, 0.05) is 25.2 Å². The second-order valence-corrected chi connectivity index (χ2v) is 7.54. The second kappa shape index (κ2) is 8.28. The van der Waals surface area contributed by atoms with E-state index in [1.807, 2.05) is 31.2 Å². The van der Waals surface area contributed by atoms with Crippen molar-refractivity contribution in [1.29, 1.82) is 0 Å². The van der Waals surface area contributed by atoms with Gasteiger partial charge in [-0.1, -0.05) is 0 Å². The normalized spacial score (nSPS) is 23.6. The third-order valence-corrected chi connectivity index (χ3v) is 5.43. The predicted octanol–water partition coefficient (Wildman–Crippen LogP) is 1.61. The van der Waals surface area contributed by atoms with Gasteiger partial charge >= 0.3 is 0 Å². The summed E-state index contributed by atoms with van der Waals surface area (Å²) in [5, 5.41) is 15.6. The molecule has 2 aliphatic heterocycles. The molecule has 4 rings (SSSR count). The number of hydrogen-bond acceptors (Lipinski definition) is 6. The number of fused-ring (bicyclic) bond motifs is 2. The van der Waals surface area contributed by atoms with Crippen LogP contribution in [0.3, 0.4) is 0 Å². The Hall–Kier alpha value is -2.45. The van der Waals surface area contributed by atoms with Crippen LogP contribution in [-0.4, -0.2) is 59.4 Å². The monoisotopic (exact) mass is 385 g/mol. The summed E-state index contributed by atoms with van der Waals surface area (Å²) in [6.07, 6.45) is 4.38. The van der Waals surface area contributed by atoms with E-state index >= 15 is 0 Å². The van der Waals surface area contributed by atoms with Crippen molar-refractivity contribution in [2.45, 2.75) is 50.7 Å². The molecule has 1 aromatic heterocycles. The van der Waals surface area contributed by atoms with Crippen molar-refractivity contribution >= 4 is 5.91 Å². The Morgan fingerprint density at radius 2 is 1.89 bits per heavy atom. The van der Waals surface area contributed by atoms with Crippen molar-refractivity contribution < 1.29 is 14.3 Å². The summed E-state index contributed by atoms with van der Waals surface area (Å²) in [5.41, 5.74) is 1.78. The summed E-state index contributed by atoms with van der Waals surface area (Å²) in [4.78, 5) is 14.2. The van der Waals surface area contributed by atoms with Crippen molar-refractivity contribution in [3.8, 4) is 11.4 Å². The van der Waals surface area contributed by atoms with Crippen LogP contribution in [-0.2, 0) is 4.74 Å². The van der Waals surface area contributed by atoms with E-state index in [2.05, 4.69) is 20.8 Å². The van der Waals surface area contributed by atoms with Crippen LogP contribution in [0.25, 0.3) is 5.69 Å². The van der Waals surface area contributed by atoms with Crippen molar-refractivity contribution in [2.75, 3.05) is 20.3 Å². The zero-order valence-corrected chi connectivity index (χ0v) is 16.4. The van der Waals surface area contributed by atoms with Gasteiger partial charge in [0.05, 0.1) is 18.0 Å². The molecule has 2 saturated heterocycles. The lowest BCUT2D eigenvalue weighted by atomic mass is 10.00. The van der Waals surface area contributed by atoms with Gasteiger partial charge in [0.15, 0.2) is 5.69 Å². The van der Waals surface area contributed by atoms with E-state index in [1.54, 1.807) is 7.11 Å². The number of nitrogens with zero attached hydrogens (tertiary/aromatic N) is 3. The molecule has 28 heavy (non-hydrogen) atoms. The van der Waals surface area contributed by atoms with E-state index in [9.17, 15) is 4.79 Å². The fourth-order valence-corrected chi connectivity index (χ4v) is 4.05. The number of rotatable bonds is 7. The van der Waals surface area contributed by atoms with Gasteiger partial charge in [0.25, 0.3) is 5.91 Å². The molecular formula is C20H27N5O3. The number of nitrogens with one attached hydrogen (secondary N) is 2. The summed E-state index contributed by atoms with van der Waals surface area (Å²) >= 11 is 0. The number of amides is 1.